The molecule has 0 bridgehead atoms. The number of rotatable bonds is 2. The van der Waals surface area contributed by atoms with E-state index in [1.807, 2.05) is 52.5 Å². The van der Waals surface area contributed by atoms with Crippen molar-refractivity contribution in [2.75, 3.05) is 49.9 Å². The number of fused-ring (bicyclic) bond motifs is 2. The molecule has 0 atom stereocenters. The van der Waals surface area contributed by atoms with Crippen LogP contribution in [0.3, 0.4) is 0 Å². The predicted octanol–water partition coefficient (Wildman–Crippen LogP) is 3.76. The van der Waals surface area contributed by atoms with Crippen LogP contribution >= 0.6 is 11.8 Å². The maximum atomic E-state index is 12.5. The Morgan fingerprint density at radius 3 is 1.75 bits per heavy atom. The Balaban J connectivity index is 2.15. The Bertz CT molecular complexity index is 731. The molecule has 24 heavy (non-hydrogen) atoms. The van der Waals surface area contributed by atoms with Crippen molar-refractivity contribution in [1.29, 1.82) is 0 Å². The molecule has 1 heterocycles. The lowest BCUT2D eigenvalue weighted by atomic mass is 10.2. The minimum absolute atomic E-state index is 0.131. The van der Waals surface area contributed by atoms with Crippen LogP contribution in [0.15, 0.2) is 46.2 Å². The van der Waals surface area contributed by atoms with Crippen LogP contribution in [-0.4, -0.2) is 41.3 Å². The quantitative estimate of drug-likeness (QED) is 0.902. The molecule has 0 saturated heterocycles. The summed E-state index contributed by atoms with van der Waals surface area (Å²) in [5.41, 5.74) is 4.06. The van der Waals surface area contributed by atoms with Crippen LogP contribution < -0.4 is 20.0 Å². The average Bonchev–Trinajstić information content (AvgIpc) is 2.57. The topological polar surface area (TPSA) is 38.8 Å². The van der Waals surface area contributed by atoms with Crippen molar-refractivity contribution in [2.45, 2.75) is 9.79 Å². The second kappa shape index (κ2) is 6.28. The second-order valence-electron chi connectivity index (χ2n) is 6.09. The van der Waals surface area contributed by atoms with E-state index in [-0.39, 0.29) is 6.03 Å². The third-order valence-corrected chi connectivity index (χ3v) is 5.13. The predicted molar refractivity (Wildman–Crippen MR) is 102 cm³/mol. The molecule has 0 radical (unpaired) electrons. The van der Waals surface area contributed by atoms with E-state index >= 15 is 0 Å². The van der Waals surface area contributed by atoms with Crippen LogP contribution in [0.5, 0.6) is 0 Å². The van der Waals surface area contributed by atoms with Gasteiger partial charge in [0.25, 0.3) is 0 Å². The van der Waals surface area contributed by atoms with Gasteiger partial charge >= 0.3 is 6.03 Å². The first-order chi connectivity index (χ1) is 11.4. The van der Waals surface area contributed by atoms with Crippen molar-refractivity contribution in [1.82, 2.24) is 5.32 Å². The minimum Gasteiger partial charge on any atom is -0.378 e. The number of urea groups is 1. The molecule has 0 fully saturated rings. The van der Waals surface area contributed by atoms with E-state index in [4.69, 9.17) is 0 Å². The van der Waals surface area contributed by atoms with E-state index < -0.39 is 0 Å². The van der Waals surface area contributed by atoms with E-state index in [2.05, 4.69) is 27.2 Å². The third-order valence-electron chi connectivity index (χ3n) is 4.04. The Hall–Kier alpha value is -2.34. The molecule has 1 aliphatic heterocycles. The molecule has 0 saturated carbocycles. The van der Waals surface area contributed by atoms with E-state index in [1.165, 1.54) is 0 Å². The normalized spacial score (nSPS) is 12.3. The number of nitrogens with one attached hydrogen (secondary N) is 1. The van der Waals surface area contributed by atoms with Gasteiger partial charge in [-0.3, -0.25) is 4.90 Å². The first-order valence-corrected chi connectivity index (χ1v) is 8.56. The fourth-order valence-electron chi connectivity index (χ4n) is 2.67. The molecule has 5 nitrogen and oxygen atoms in total. The van der Waals surface area contributed by atoms with Crippen LogP contribution in [0, 0.1) is 0 Å². The number of hydrogen-bond acceptors (Lipinski definition) is 4. The van der Waals surface area contributed by atoms with E-state index in [1.54, 1.807) is 23.7 Å². The van der Waals surface area contributed by atoms with Gasteiger partial charge in [0.1, 0.15) is 0 Å². The smallest absolute Gasteiger partial charge is 0.326 e. The Kier molecular flexibility index (Phi) is 4.32. The highest BCUT2D eigenvalue weighted by Gasteiger charge is 2.28. The maximum Gasteiger partial charge on any atom is 0.326 e. The van der Waals surface area contributed by atoms with Crippen LogP contribution in [0.25, 0.3) is 0 Å². The van der Waals surface area contributed by atoms with Gasteiger partial charge in [-0.1, -0.05) is 11.8 Å². The highest BCUT2D eigenvalue weighted by Crippen LogP contribution is 2.50. The summed E-state index contributed by atoms with van der Waals surface area (Å²) < 4.78 is 0. The van der Waals surface area contributed by atoms with Crippen LogP contribution in [0.2, 0.25) is 0 Å². The molecular formula is C18H22N4OS. The number of carbonyl (C=O) groups is 1. The number of benzene rings is 2. The van der Waals surface area contributed by atoms with Crippen molar-refractivity contribution in [3.63, 3.8) is 0 Å². The van der Waals surface area contributed by atoms with Crippen LogP contribution in [0.4, 0.5) is 27.5 Å². The van der Waals surface area contributed by atoms with Gasteiger partial charge in [0.05, 0.1) is 11.4 Å². The van der Waals surface area contributed by atoms with Crippen molar-refractivity contribution < 1.29 is 4.79 Å². The summed E-state index contributed by atoms with van der Waals surface area (Å²) in [4.78, 5) is 20.6. The molecule has 0 aromatic heterocycles. The summed E-state index contributed by atoms with van der Waals surface area (Å²) in [7, 11) is 9.73. The van der Waals surface area contributed by atoms with Crippen LogP contribution in [0.1, 0.15) is 0 Å². The van der Waals surface area contributed by atoms with Gasteiger partial charge in [0, 0.05) is 56.4 Å². The molecule has 3 rings (SSSR count). The highest BCUT2D eigenvalue weighted by atomic mass is 32.2. The SMILES string of the molecule is CNC(=O)N1c2ccc(N(C)C)cc2Sc2cc(N(C)C)ccc21. The van der Waals surface area contributed by atoms with E-state index in [0.717, 1.165) is 32.5 Å². The van der Waals surface area contributed by atoms with Crippen molar-refractivity contribution in [3.05, 3.63) is 36.4 Å². The van der Waals surface area contributed by atoms with Crippen molar-refractivity contribution in [3.8, 4) is 0 Å². The summed E-state index contributed by atoms with van der Waals surface area (Å²) in [6.45, 7) is 0. The van der Waals surface area contributed by atoms with Gasteiger partial charge in [0.2, 0.25) is 0 Å². The van der Waals surface area contributed by atoms with Gasteiger partial charge in [-0.15, -0.1) is 0 Å². The Labute approximate surface area is 147 Å². The summed E-state index contributed by atoms with van der Waals surface area (Å²) in [6.07, 6.45) is 0. The second-order valence-corrected chi connectivity index (χ2v) is 7.17. The molecule has 1 aliphatic rings. The number of carbonyl (C=O) groups excluding carboxylic acids is 1. The molecule has 2 aromatic rings. The number of amides is 2. The van der Waals surface area contributed by atoms with Gasteiger partial charge in [-0.2, -0.15) is 0 Å². The zero-order valence-electron chi connectivity index (χ0n) is 14.6. The van der Waals surface area contributed by atoms with Crippen molar-refractivity contribution in [2.24, 2.45) is 0 Å². The number of anilines is 4. The molecule has 2 amide bonds. The Morgan fingerprint density at radius 1 is 0.917 bits per heavy atom. The largest absolute Gasteiger partial charge is 0.378 e. The van der Waals surface area contributed by atoms with Gasteiger partial charge in [-0.25, -0.2) is 4.79 Å². The first-order valence-electron chi connectivity index (χ1n) is 7.75. The summed E-state index contributed by atoms with van der Waals surface area (Å²) >= 11 is 1.70. The molecular weight excluding hydrogens is 320 g/mol. The number of hydrogen-bond donors (Lipinski definition) is 1. The molecule has 0 aliphatic carbocycles. The fourth-order valence-corrected chi connectivity index (χ4v) is 3.80. The number of nitrogens with zero attached hydrogens (tertiary/aromatic N) is 3. The lowest BCUT2D eigenvalue weighted by molar-refractivity contribution is 0.250. The van der Waals surface area contributed by atoms with Crippen molar-refractivity contribution >= 4 is 40.5 Å². The lowest BCUT2D eigenvalue weighted by Gasteiger charge is -2.32. The molecule has 126 valence electrons. The van der Waals surface area contributed by atoms with Gasteiger partial charge < -0.3 is 15.1 Å². The van der Waals surface area contributed by atoms with Gasteiger partial charge in [0.15, 0.2) is 0 Å². The minimum atomic E-state index is -0.131. The maximum absolute atomic E-state index is 12.5. The molecule has 2 aromatic carbocycles. The monoisotopic (exact) mass is 342 g/mol. The standard InChI is InChI=1S/C18H22N4OS/c1-19-18(23)22-14-8-6-12(20(2)3)10-16(14)24-17-11-13(21(4)5)7-9-15(17)22/h6-11H,1-5H3,(H,19,23). The van der Waals surface area contributed by atoms with Gasteiger partial charge in [-0.05, 0) is 36.4 Å². The zero-order valence-corrected chi connectivity index (χ0v) is 15.4. The molecule has 6 heteroatoms. The third kappa shape index (κ3) is 2.78. The fraction of sp³-hybridized carbons (Fsp3) is 0.278. The lowest BCUT2D eigenvalue weighted by Crippen LogP contribution is -2.36. The summed E-state index contributed by atoms with van der Waals surface area (Å²) in [6, 6.07) is 12.2. The average molecular weight is 342 g/mol. The Morgan fingerprint density at radius 2 is 1.38 bits per heavy atom. The van der Waals surface area contributed by atoms with E-state index in [9.17, 15) is 4.79 Å². The summed E-state index contributed by atoms with van der Waals surface area (Å²) in [5, 5.41) is 2.75. The molecule has 0 spiro atoms. The van der Waals surface area contributed by atoms with E-state index in [0.29, 0.717) is 0 Å². The molecule has 0 unspecified atom stereocenters. The summed E-state index contributed by atoms with van der Waals surface area (Å²) in [5.74, 6) is 0. The molecule has 1 N–H and O–H groups in total. The first kappa shape index (κ1) is 16.5. The zero-order chi connectivity index (χ0) is 17.4. The van der Waals surface area contributed by atoms with Crippen LogP contribution in [-0.2, 0) is 0 Å². The highest BCUT2D eigenvalue weighted by molar-refractivity contribution is 7.99.